The Balaban J connectivity index is 0.00000289. The lowest BCUT2D eigenvalue weighted by Crippen LogP contribution is -2.52. The van der Waals surface area contributed by atoms with Crippen molar-refractivity contribution in [3.8, 4) is 0 Å². The lowest BCUT2D eigenvalue weighted by Gasteiger charge is -2.27. The molecule has 0 bridgehead atoms. The summed E-state index contributed by atoms with van der Waals surface area (Å²) in [5.74, 6) is -0.241. The number of nitrogens with zero attached hydrogens (tertiary/aromatic N) is 1. The molecule has 1 heterocycles. The minimum Gasteiger partial charge on any atom is -0.343 e. The average Bonchev–Trinajstić information content (AvgIpc) is 2.91. The number of benzene rings is 3. The maximum Gasteiger partial charge on any atom is 0.249 e. The van der Waals surface area contributed by atoms with Gasteiger partial charge in [0.2, 0.25) is 11.8 Å². The van der Waals surface area contributed by atoms with E-state index in [4.69, 9.17) is 0 Å². The molecule has 7 heteroatoms. The molecule has 0 saturated heterocycles. The highest BCUT2D eigenvalue weighted by atomic mass is 79.9. The number of aryl methyl sites for hydroxylation is 1. The lowest BCUT2D eigenvalue weighted by molar-refractivity contribution is -0.128. The number of carbonyl (C=O) groups is 2. The van der Waals surface area contributed by atoms with Crippen LogP contribution in [0.25, 0.3) is 10.8 Å². The van der Waals surface area contributed by atoms with Gasteiger partial charge in [-0.3, -0.25) is 9.59 Å². The van der Waals surface area contributed by atoms with Crippen molar-refractivity contribution in [2.45, 2.75) is 38.4 Å². The SMILES string of the molecule is CNC(C)C(=O)NC1CCc2ccccc2N(Cc2cccc3c(Br)cccc23)C1=O.Cl. The number of carbonyl (C=O) groups excluding carboxylic acids is 2. The first-order valence-electron chi connectivity index (χ1n) is 10.5. The molecule has 32 heavy (non-hydrogen) atoms. The van der Waals surface area contributed by atoms with Crippen LogP contribution in [0, 0.1) is 0 Å². The van der Waals surface area contributed by atoms with Gasteiger partial charge in [0, 0.05) is 10.2 Å². The summed E-state index contributed by atoms with van der Waals surface area (Å²) < 4.78 is 1.03. The molecule has 1 aliphatic rings. The van der Waals surface area contributed by atoms with Crippen molar-refractivity contribution in [1.29, 1.82) is 0 Å². The topological polar surface area (TPSA) is 61.4 Å². The Morgan fingerprint density at radius 1 is 1.09 bits per heavy atom. The van der Waals surface area contributed by atoms with Crippen molar-refractivity contribution in [1.82, 2.24) is 10.6 Å². The molecule has 0 aliphatic carbocycles. The predicted octanol–water partition coefficient (Wildman–Crippen LogP) is 4.60. The van der Waals surface area contributed by atoms with Gasteiger partial charge >= 0.3 is 0 Å². The van der Waals surface area contributed by atoms with E-state index >= 15 is 0 Å². The van der Waals surface area contributed by atoms with Crippen LogP contribution in [0.5, 0.6) is 0 Å². The Kier molecular flexibility index (Phi) is 7.93. The largest absolute Gasteiger partial charge is 0.343 e. The minimum absolute atomic E-state index is 0. The Bertz CT molecular complexity index is 1140. The van der Waals surface area contributed by atoms with Gasteiger partial charge in [-0.25, -0.2) is 0 Å². The number of rotatable bonds is 5. The second-order valence-electron chi connectivity index (χ2n) is 7.92. The van der Waals surface area contributed by atoms with Gasteiger partial charge in [0.1, 0.15) is 6.04 Å². The summed E-state index contributed by atoms with van der Waals surface area (Å²) in [6.07, 6.45) is 1.31. The quantitative estimate of drug-likeness (QED) is 0.521. The van der Waals surface area contributed by atoms with Crippen molar-refractivity contribution < 1.29 is 9.59 Å². The van der Waals surface area contributed by atoms with Crippen LogP contribution in [0.1, 0.15) is 24.5 Å². The zero-order valence-corrected chi connectivity index (χ0v) is 20.5. The van der Waals surface area contributed by atoms with Crippen molar-refractivity contribution >= 4 is 56.6 Å². The first kappa shape index (κ1) is 24.2. The molecule has 0 aromatic heterocycles. The van der Waals surface area contributed by atoms with Crippen LogP contribution in [0.3, 0.4) is 0 Å². The molecule has 3 aromatic rings. The summed E-state index contributed by atoms with van der Waals surface area (Å²) in [4.78, 5) is 28.0. The van der Waals surface area contributed by atoms with E-state index in [2.05, 4.69) is 50.8 Å². The Morgan fingerprint density at radius 3 is 2.59 bits per heavy atom. The molecule has 0 spiro atoms. The second kappa shape index (κ2) is 10.5. The number of nitrogens with one attached hydrogen (secondary N) is 2. The van der Waals surface area contributed by atoms with Crippen LogP contribution < -0.4 is 15.5 Å². The summed E-state index contributed by atoms with van der Waals surface area (Å²) in [5.41, 5.74) is 3.10. The van der Waals surface area contributed by atoms with Crippen LogP contribution in [-0.2, 0) is 22.6 Å². The third-order valence-corrected chi connectivity index (χ3v) is 6.67. The van der Waals surface area contributed by atoms with Gasteiger partial charge in [-0.15, -0.1) is 12.4 Å². The molecule has 168 valence electrons. The number of para-hydroxylation sites is 1. The Labute approximate surface area is 203 Å². The molecule has 3 aromatic carbocycles. The first-order chi connectivity index (χ1) is 15.0. The smallest absolute Gasteiger partial charge is 0.249 e. The van der Waals surface area contributed by atoms with E-state index in [0.29, 0.717) is 13.0 Å². The summed E-state index contributed by atoms with van der Waals surface area (Å²) in [6.45, 7) is 2.23. The number of fused-ring (bicyclic) bond motifs is 2. The monoisotopic (exact) mass is 515 g/mol. The van der Waals surface area contributed by atoms with Crippen LogP contribution in [0.2, 0.25) is 0 Å². The number of hydrogen-bond acceptors (Lipinski definition) is 3. The number of amides is 2. The third kappa shape index (κ3) is 4.82. The van der Waals surface area contributed by atoms with Gasteiger partial charge in [-0.2, -0.15) is 0 Å². The van der Waals surface area contributed by atoms with E-state index < -0.39 is 6.04 Å². The summed E-state index contributed by atoms with van der Waals surface area (Å²) in [7, 11) is 1.74. The molecule has 0 saturated carbocycles. The zero-order chi connectivity index (χ0) is 22.0. The van der Waals surface area contributed by atoms with E-state index in [0.717, 1.165) is 38.5 Å². The molecule has 2 atom stereocenters. The molecule has 0 fully saturated rings. The molecule has 1 aliphatic heterocycles. The van der Waals surface area contributed by atoms with Gasteiger partial charge in [0.15, 0.2) is 0 Å². The predicted molar refractivity (Wildman–Crippen MR) is 135 cm³/mol. The third-order valence-electron chi connectivity index (χ3n) is 5.98. The maximum atomic E-state index is 13.6. The van der Waals surface area contributed by atoms with E-state index in [9.17, 15) is 9.59 Å². The highest BCUT2D eigenvalue weighted by molar-refractivity contribution is 9.10. The Morgan fingerprint density at radius 2 is 1.81 bits per heavy atom. The molecule has 5 nitrogen and oxygen atoms in total. The van der Waals surface area contributed by atoms with Crippen molar-refractivity contribution in [2.24, 2.45) is 0 Å². The number of halogens is 2. The molecule has 4 rings (SSSR count). The number of anilines is 1. The Hall–Kier alpha value is -2.41. The van der Waals surface area contributed by atoms with Crippen LogP contribution in [-0.4, -0.2) is 30.9 Å². The number of hydrogen-bond donors (Lipinski definition) is 2. The van der Waals surface area contributed by atoms with Crippen LogP contribution >= 0.6 is 28.3 Å². The first-order valence-corrected chi connectivity index (χ1v) is 11.3. The van der Waals surface area contributed by atoms with Crippen molar-refractivity contribution in [2.75, 3.05) is 11.9 Å². The molecule has 2 amide bonds. The van der Waals surface area contributed by atoms with Gasteiger partial charge in [0.25, 0.3) is 0 Å². The van der Waals surface area contributed by atoms with Crippen LogP contribution in [0.4, 0.5) is 5.69 Å². The molecule has 0 radical (unpaired) electrons. The normalized spacial score (nSPS) is 16.7. The highest BCUT2D eigenvalue weighted by Gasteiger charge is 2.32. The fourth-order valence-electron chi connectivity index (χ4n) is 4.09. The number of likely N-dealkylation sites (N-methyl/N-ethyl adjacent to an activating group) is 1. The van der Waals surface area contributed by atoms with Crippen LogP contribution in [0.15, 0.2) is 65.1 Å². The van der Waals surface area contributed by atoms with E-state index in [1.807, 2.05) is 41.3 Å². The fraction of sp³-hybridized carbons (Fsp3) is 0.280. The standard InChI is InChI=1S/C25H26BrN3O2.ClH/c1-16(27-2)24(30)28-22-14-13-17-7-3-4-12-23(17)29(25(22)31)15-18-8-5-10-20-19(18)9-6-11-21(20)26;/h3-12,16,22,27H,13-15H2,1-2H3,(H,28,30);1H. The van der Waals surface area contributed by atoms with Gasteiger partial charge in [-0.05, 0) is 60.8 Å². The average molecular weight is 517 g/mol. The minimum atomic E-state index is -0.558. The molecular formula is C25H27BrClN3O2. The van der Waals surface area contributed by atoms with Gasteiger partial charge < -0.3 is 15.5 Å². The van der Waals surface area contributed by atoms with Gasteiger partial charge in [0.05, 0.1) is 12.6 Å². The molecular weight excluding hydrogens is 490 g/mol. The fourth-order valence-corrected chi connectivity index (χ4v) is 4.58. The van der Waals surface area contributed by atoms with Crippen molar-refractivity contribution in [3.63, 3.8) is 0 Å². The van der Waals surface area contributed by atoms with E-state index in [1.54, 1.807) is 14.0 Å². The molecule has 2 N–H and O–H groups in total. The molecule has 2 unspecified atom stereocenters. The zero-order valence-electron chi connectivity index (χ0n) is 18.1. The summed E-state index contributed by atoms with van der Waals surface area (Å²) >= 11 is 3.63. The lowest BCUT2D eigenvalue weighted by atomic mass is 10.0. The highest BCUT2D eigenvalue weighted by Crippen LogP contribution is 2.32. The van der Waals surface area contributed by atoms with E-state index in [1.165, 1.54) is 0 Å². The summed E-state index contributed by atoms with van der Waals surface area (Å²) in [6, 6.07) is 19.4. The second-order valence-corrected chi connectivity index (χ2v) is 8.77. The summed E-state index contributed by atoms with van der Waals surface area (Å²) in [5, 5.41) is 8.11. The van der Waals surface area contributed by atoms with E-state index in [-0.39, 0.29) is 30.3 Å². The maximum absolute atomic E-state index is 13.6. The van der Waals surface area contributed by atoms with Crippen molar-refractivity contribution in [3.05, 3.63) is 76.3 Å². The van der Waals surface area contributed by atoms with Gasteiger partial charge in [-0.1, -0.05) is 64.5 Å².